The molecule has 2 aromatic carbocycles. The fourth-order valence-electron chi connectivity index (χ4n) is 1.80. The van der Waals surface area contributed by atoms with E-state index >= 15 is 0 Å². The van der Waals surface area contributed by atoms with Crippen molar-refractivity contribution in [1.29, 1.82) is 0 Å². The Labute approximate surface area is 125 Å². The van der Waals surface area contributed by atoms with Crippen LogP contribution < -0.4 is 4.74 Å². The van der Waals surface area contributed by atoms with Crippen LogP contribution in [0.25, 0.3) is 0 Å². The number of hydrogen-bond acceptors (Lipinski definition) is 3. The fraction of sp³-hybridized carbons (Fsp3) is 0.111. The third kappa shape index (κ3) is 4.73. The average molecular weight is 278 g/mol. The number of ether oxygens (including phenoxy) is 1. The number of allylic oxidation sites excluding steroid dienone is 1. The third-order valence-corrected chi connectivity index (χ3v) is 2.96. The van der Waals surface area contributed by atoms with Crippen molar-refractivity contribution in [2.45, 2.75) is 6.42 Å². The molecule has 0 saturated heterocycles. The second kappa shape index (κ2) is 7.80. The second-order valence-electron chi connectivity index (χ2n) is 4.50. The largest absolute Gasteiger partial charge is 0.497 e. The predicted molar refractivity (Wildman–Crippen MR) is 88.5 cm³/mol. The standard InChI is InChI=1S/C18H18N2O/c1-3-4-15-5-7-16(8-6-15)13-19-20-14-17-9-11-18(21-2)12-10-17/h3,5-14H,1,4H2,2H3. The molecule has 0 amide bonds. The van der Waals surface area contributed by atoms with Gasteiger partial charge in [-0.1, -0.05) is 30.3 Å². The summed E-state index contributed by atoms with van der Waals surface area (Å²) in [5, 5.41) is 8.09. The minimum Gasteiger partial charge on any atom is -0.497 e. The Hall–Kier alpha value is -2.68. The van der Waals surface area contributed by atoms with Gasteiger partial charge in [0.05, 0.1) is 19.5 Å². The summed E-state index contributed by atoms with van der Waals surface area (Å²) in [5.74, 6) is 0.829. The number of hydrogen-bond donors (Lipinski definition) is 0. The van der Waals surface area contributed by atoms with Gasteiger partial charge in [-0.25, -0.2) is 0 Å². The first-order chi connectivity index (χ1) is 10.3. The van der Waals surface area contributed by atoms with Crippen molar-refractivity contribution in [3.8, 4) is 5.75 Å². The van der Waals surface area contributed by atoms with Gasteiger partial charge in [-0.15, -0.1) is 6.58 Å². The maximum absolute atomic E-state index is 5.10. The van der Waals surface area contributed by atoms with Crippen LogP contribution in [0.4, 0.5) is 0 Å². The second-order valence-corrected chi connectivity index (χ2v) is 4.50. The van der Waals surface area contributed by atoms with Crippen molar-refractivity contribution >= 4 is 12.4 Å². The van der Waals surface area contributed by atoms with Gasteiger partial charge in [0.1, 0.15) is 5.75 Å². The first-order valence-corrected chi connectivity index (χ1v) is 6.72. The molecule has 0 spiro atoms. The van der Waals surface area contributed by atoms with E-state index in [0.29, 0.717) is 0 Å². The molecule has 0 aromatic heterocycles. The van der Waals surface area contributed by atoms with E-state index < -0.39 is 0 Å². The lowest BCUT2D eigenvalue weighted by Crippen LogP contribution is -1.85. The number of rotatable bonds is 6. The van der Waals surface area contributed by atoms with E-state index in [2.05, 4.69) is 28.9 Å². The van der Waals surface area contributed by atoms with Gasteiger partial charge in [-0.05, 0) is 47.4 Å². The van der Waals surface area contributed by atoms with E-state index in [4.69, 9.17) is 4.74 Å². The van der Waals surface area contributed by atoms with Crippen molar-refractivity contribution in [2.75, 3.05) is 7.11 Å². The molecule has 0 radical (unpaired) electrons. The highest BCUT2D eigenvalue weighted by atomic mass is 16.5. The molecular weight excluding hydrogens is 260 g/mol. The van der Waals surface area contributed by atoms with Crippen LogP contribution in [0.15, 0.2) is 71.4 Å². The van der Waals surface area contributed by atoms with Gasteiger partial charge in [0.25, 0.3) is 0 Å². The van der Waals surface area contributed by atoms with Crippen LogP contribution in [-0.2, 0) is 6.42 Å². The normalized spacial score (nSPS) is 11.1. The maximum atomic E-state index is 5.10. The summed E-state index contributed by atoms with van der Waals surface area (Å²) in [7, 11) is 1.65. The van der Waals surface area contributed by atoms with Gasteiger partial charge < -0.3 is 4.74 Å². The fourth-order valence-corrected chi connectivity index (χ4v) is 1.80. The number of methoxy groups -OCH3 is 1. The zero-order valence-electron chi connectivity index (χ0n) is 12.1. The van der Waals surface area contributed by atoms with Crippen molar-refractivity contribution in [3.05, 3.63) is 77.9 Å². The number of nitrogens with zero attached hydrogens (tertiary/aromatic N) is 2. The monoisotopic (exact) mass is 278 g/mol. The molecule has 0 fully saturated rings. The summed E-state index contributed by atoms with van der Waals surface area (Å²) in [4.78, 5) is 0. The molecule has 0 N–H and O–H groups in total. The Morgan fingerprint density at radius 1 is 0.905 bits per heavy atom. The van der Waals surface area contributed by atoms with Crippen LogP contribution in [0.1, 0.15) is 16.7 Å². The summed E-state index contributed by atoms with van der Waals surface area (Å²) in [6.45, 7) is 3.73. The van der Waals surface area contributed by atoms with Crippen LogP contribution in [-0.4, -0.2) is 19.5 Å². The molecule has 3 heteroatoms. The highest BCUT2D eigenvalue weighted by molar-refractivity contribution is 5.82. The van der Waals surface area contributed by atoms with Gasteiger partial charge in [0, 0.05) is 0 Å². The molecule has 0 unspecified atom stereocenters. The quantitative estimate of drug-likeness (QED) is 0.448. The molecule has 0 bridgehead atoms. The van der Waals surface area contributed by atoms with Crippen molar-refractivity contribution in [2.24, 2.45) is 10.2 Å². The summed E-state index contributed by atoms with van der Waals surface area (Å²) >= 11 is 0. The molecular formula is C18H18N2O. The first-order valence-electron chi connectivity index (χ1n) is 6.72. The van der Waals surface area contributed by atoms with Gasteiger partial charge in [0.2, 0.25) is 0 Å². The van der Waals surface area contributed by atoms with Crippen LogP contribution >= 0.6 is 0 Å². The lowest BCUT2D eigenvalue weighted by molar-refractivity contribution is 0.415. The van der Waals surface area contributed by atoms with E-state index in [9.17, 15) is 0 Å². The minimum atomic E-state index is 0.829. The molecule has 0 saturated carbocycles. The van der Waals surface area contributed by atoms with Crippen LogP contribution in [0, 0.1) is 0 Å². The lowest BCUT2D eigenvalue weighted by Gasteiger charge is -1.98. The van der Waals surface area contributed by atoms with Gasteiger partial charge in [0.15, 0.2) is 0 Å². The van der Waals surface area contributed by atoms with E-state index in [-0.39, 0.29) is 0 Å². The number of benzene rings is 2. The van der Waals surface area contributed by atoms with Crippen LogP contribution in [0.2, 0.25) is 0 Å². The summed E-state index contributed by atoms with van der Waals surface area (Å²) in [6.07, 6.45) is 6.22. The predicted octanol–water partition coefficient (Wildman–Crippen LogP) is 3.88. The Morgan fingerprint density at radius 2 is 1.43 bits per heavy atom. The summed E-state index contributed by atoms with van der Waals surface area (Å²) in [6, 6.07) is 15.8. The SMILES string of the molecule is C=CCc1ccc(C=NN=Cc2ccc(OC)cc2)cc1. The Balaban J connectivity index is 1.94. The molecule has 0 heterocycles. The lowest BCUT2D eigenvalue weighted by atomic mass is 10.1. The molecule has 106 valence electrons. The van der Waals surface area contributed by atoms with E-state index in [1.807, 2.05) is 42.5 Å². The smallest absolute Gasteiger partial charge is 0.118 e. The molecule has 3 nitrogen and oxygen atoms in total. The van der Waals surface area contributed by atoms with Crippen molar-refractivity contribution in [3.63, 3.8) is 0 Å². The molecule has 0 aliphatic rings. The average Bonchev–Trinajstić information content (AvgIpc) is 2.54. The highest BCUT2D eigenvalue weighted by Gasteiger charge is 1.91. The minimum absolute atomic E-state index is 0.829. The summed E-state index contributed by atoms with van der Waals surface area (Å²) in [5.41, 5.74) is 3.24. The third-order valence-electron chi connectivity index (χ3n) is 2.96. The first kappa shape index (κ1) is 14.7. The topological polar surface area (TPSA) is 34.0 Å². The highest BCUT2D eigenvalue weighted by Crippen LogP contribution is 2.09. The van der Waals surface area contributed by atoms with E-state index in [0.717, 1.165) is 23.3 Å². The molecule has 2 rings (SSSR count). The Kier molecular flexibility index (Phi) is 5.47. The zero-order chi connectivity index (χ0) is 14.9. The van der Waals surface area contributed by atoms with Gasteiger partial charge in [-0.3, -0.25) is 0 Å². The maximum Gasteiger partial charge on any atom is 0.118 e. The van der Waals surface area contributed by atoms with Gasteiger partial charge >= 0.3 is 0 Å². The molecule has 0 atom stereocenters. The van der Waals surface area contributed by atoms with Crippen molar-refractivity contribution < 1.29 is 4.74 Å². The van der Waals surface area contributed by atoms with Gasteiger partial charge in [-0.2, -0.15) is 10.2 Å². The molecule has 21 heavy (non-hydrogen) atoms. The van der Waals surface area contributed by atoms with Crippen LogP contribution in [0.5, 0.6) is 5.75 Å². The van der Waals surface area contributed by atoms with E-state index in [1.165, 1.54) is 5.56 Å². The van der Waals surface area contributed by atoms with E-state index in [1.54, 1.807) is 19.5 Å². The summed E-state index contributed by atoms with van der Waals surface area (Å²) < 4.78 is 5.10. The molecule has 0 aliphatic heterocycles. The molecule has 2 aromatic rings. The zero-order valence-corrected chi connectivity index (χ0v) is 12.1. The molecule has 0 aliphatic carbocycles. The van der Waals surface area contributed by atoms with Crippen LogP contribution in [0.3, 0.4) is 0 Å². The Bertz CT molecular complexity index is 625. The Morgan fingerprint density at radius 3 is 1.90 bits per heavy atom. The van der Waals surface area contributed by atoms with Crippen molar-refractivity contribution in [1.82, 2.24) is 0 Å².